The van der Waals surface area contributed by atoms with Crippen LogP contribution in [0.15, 0.2) is 47.4 Å². The Bertz CT molecular complexity index is 884. The highest BCUT2D eigenvalue weighted by Crippen LogP contribution is 2.32. The highest BCUT2D eigenvalue weighted by atomic mass is 127. The van der Waals surface area contributed by atoms with E-state index in [1.54, 1.807) is 24.3 Å². The summed E-state index contributed by atoms with van der Waals surface area (Å²) in [6.07, 6.45) is 1.69. The average Bonchev–Trinajstić information content (AvgIpc) is 2.81. The number of ether oxygens (including phenoxy) is 1. The maximum absolute atomic E-state index is 13.2. The molecule has 0 bridgehead atoms. The molecule has 0 radical (unpaired) electrons. The second-order valence-corrected chi connectivity index (χ2v) is 7.50. The zero-order valence-corrected chi connectivity index (χ0v) is 16.1. The van der Waals surface area contributed by atoms with Gasteiger partial charge < -0.3 is 4.74 Å². The summed E-state index contributed by atoms with van der Waals surface area (Å²) in [5.41, 5.74) is 1.55. The van der Waals surface area contributed by atoms with Crippen molar-refractivity contribution in [2.45, 2.75) is 6.61 Å². The Hall–Kier alpha value is -1.87. The van der Waals surface area contributed by atoms with Gasteiger partial charge in [-0.3, -0.25) is 14.5 Å². The van der Waals surface area contributed by atoms with E-state index in [4.69, 9.17) is 4.74 Å². The minimum Gasteiger partial charge on any atom is -0.488 e. The van der Waals surface area contributed by atoms with E-state index in [2.05, 4.69) is 22.6 Å². The Morgan fingerprint density at radius 2 is 2.04 bits per heavy atom. The number of amides is 2. The summed E-state index contributed by atoms with van der Waals surface area (Å²) in [6.45, 7) is 0.266. The number of rotatable bonds is 4. The SMILES string of the molecule is CN1C(=O)S/C(=C\c2ccc(OCc3cccc(F)c3)c(I)c2)C1=O. The van der Waals surface area contributed by atoms with Gasteiger partial charge in [0.1, 0.15) is 18.2 Å². The van der Waals surface area contributed by atoms with Crippen molar-refractivity contribution in [2.24, 2.45) is 0 Å². The fourth-order valence-electron chi connectivity index (χ4n) is 2.21. The van der Waals surface area contributed by atoms with Gasteiger partial charge in [-0.1, -0.05) is 18.2 Å². The predicted octanol–water partition coefficient (Wildman–Crippen LogP) is 4.68. The van der Waals surface area contributed by atoms with Gasteiger partial charge in [-0.05, 0) is 75.8 Å². The van der Waals surface area contributed by atoms with Crippen molar-refractivity contribution in [1.82, 2.24) is 4.90 Å². The summed E-state index contributed by atoms with van der Waals surface area (Å²) in [7, 11) is 1.46. The molecule has 1 aliphatic heterocycles. The summed E-state index contributed by atoms with van der Waals surface area (Å²) in [6, 6.07) is 11.7. The lowest BCUT2D eigenvalue weighted by molar-refractivity contribution is -0.121. The Morgan fingerprint density at radius 1 is 1.24 bits per heavy atom. The number of nitrogens with zero attached hydrogens (tertiary/aromatic N) is 1. The molecule has 1 heterocycles. The first-order valence-electron chi connectivity index (χ1n) is 7.32. The van der Waals surface area contributed by atoms with Gasteiger partial charge in [-0.25, -0.2) is 4.39 Å². The molecule has 0 aliphatic carbocycles. The molecule has 2 aromatic carbocycles. The number of carbonyl (C=O) groups is 2. The number of thioether (sulfide) groups is 1. The summed E-state index contributed by atoms with van der Waals surface area (Å²) < 4.78 is 19.8. The van der Waals surface area contributed by atoms with Gasteiger partial charge in [0.2, 0.25) is 0 Å². The minimum atomic E-state index is -0.295. The molecule has 3 rings (SSSR count). The van der Waals surface area contributed by atoms with E-state index in [0.717, 1.165) is 31.4 Å². The third kappa shape index (κ3) is 4.21. The van der Waals surface area contributed by atoms with Gasteiger partial charge in [-0.2, -0.15) is 0 Å². The van der Waals surface area contributed by atoms with Crippen LogP contribution in [0.2, 0.25) is 0 Å². The molecule has 25 heavy (non-hydrogen) atoms. The quantitative estimate of drug-likeness (QED) is 0.482. The molecule has 0 aromatic heterocycles. The van der Waals surface area contributed by atoms with Gasteiger partial charge in [0, 0.05) is 7.05 Å². The standard InChI is InChI=1S/C18H13FINO3S/c1-21-17(22)16(25-18(21)23)9-11-5-6-15(14(20)8-11)24-10-12-3-2-4-13(19)7-12/h2-9H,10H2,1H3/b16-9-. The molecular formula is C18H13FINO3S. The lowest BCUT2D eigenvalue weighted by atomic mass is 10.2. The first-order valence-corrected chi connectivity index (χ1v) is 9.22. The lowest BCUT2D eigenvalue weighted by Crippen LogP contribution is -2.22. The second kappa shape index (κ2) is 7.57. The van der Waals surface area contributed by atoms with Crippen molar-refractivity contribution in [2.75, 3.05) is 7.05 Å². The topological polar surface area (TPSA) is 46.6 Å². The van der Waals surface area contributed by atoms with Crippen LogP contribution in [0.3, 0.4) is 0 Å². The number of carbonyl (C=O) groups excluding carboxylic acids is 2. The van der Waals surface area contributed by atoms with Crippen molar-refractivity contribution in [3.8, 4) is 5.75 Å². The van der Waals surface area contributed by atoms with Gasteiger partial charge >= 0.3 is 0 Å². The highest BCUT2D eigenvalue weighted by molar-refractivity contribution is 14.1. The van der Waals surface area contributed by atoms with E-state index in [1.807, 2.05) is 12.1 Å². The molecule has 1 saturated heterocycles. The molecule has 1 fully saturated rings. The van der Waals surface area contributed by atoms with Crippen molar-refractivity contribution < 1.29 is 18.7 Å². The van der Waals surface area contributed by atoms with Gasteiger partial charge in [0.15, 0.2) is 0 Å². The van der Waals surface area contributed by atoms with Gasteiger partial charge in [0.25, 0.3) is 11.1 Å². The molecule has 4 nitrogen and oxygen atoms in total. The summed E-state index contributed by atoms with van der Waals surface area (Å²) in [5.74, 6) is 0.0815. The first-order chi connectivity index (χ1) is 11.9. The van der Waals surface area contributed by atoms with Crippen molar-refractivity contribution in [3.05, 3.63) is 67.9 Å². The monoisotopic (exact) mass is 469 g/mol. The normalized spacial score (nSPS) is 16.0. The van der Waals surface area contributed by atoms with Crippen LogP contribution in [-0.4, -0.2) is 23.1 Å². The van der Waals surface area contributed by atoms with E-state index >= 15 is 0 Å². The zero-order valence-electron chi connectivity index (χ0n) is 13.2. The molecule has 7 heteroatoms. The maximum atomic E-state index is 13.2. The van der Waals surface area contributed by atoms with E-state index in [9.17, 15) is 14.0 Å². The highest BCUT2D eigenvalue weighted by Gasteiger charge is 2.31. The molecule has 0 unspecified atom stereocenters. The zero-order chi connectivity index (χ0) is 18.0. The Kier molecular flexibility index (Phi) is 5.43. The van der Waals surface area contributed by atoms with Crippen LogP contribution in [0.25, 0.3) is 6.08 Å². The summed E-state index contributed by atoms with van der Waals surface area (Å²) >= 11 is 3.06. The number of hydrogen-bond donors (Lipinski definition) is 0. The van der Waals surface area contributed by atoms with Crippen molar-refractivity contribution in [1.29, 1.82) is 0 Å². The van der Waals surface area contributed by atoms with Crippen LogP contribution < -0.4 is 4.74 Å². The predicted molar refractivity (Wildman–Crippen MR) is 104 cm³/mol. The number of benzene rings is 2. The average molecular weight is 469 g/mol. The summed E-state index contributed by atoms with van der Waals surface area (Å²) in [5, 5.41) is -0.277. The Balaban J connectivity index is 1.73. The Labute approximate surface area is 162 Å². The molecular weight excluding hydrogens is 456 g/mol. The molecule has 0 N–H and O–H groups in total. The third-order valence-electron chi connectivity index (χ3n) is 3.52. The number of halogens is 2. The Morgan fingerprint density at radius 3 is 2.68 bits per heavy atom. The molecule has 1 aliphatic rings. The van der Waals surface area contributed by atoms with Crippen LogP contribution in [-0.2, 0) is 11.4 Å². The van der Waals surface area contributed by atoms with Crippen molar-refractivity contribution >= 4 is 51.6 Å². The van der Waals surface area contributed by atoms with Crippen LogP contribution in [0.5, 0.6) is 5.75 Å². The fourth-order valence-corrected chi connectivity index (χ4v) is 3.73. The third-order valence-corrected chi connectivity index (χ3v) is 5.33. The fraction of sp³-hybridized carbons (Fsp3) is 0.111. The molecule has 128 valence electrons. The van der Waals surface area contributed by atoms with Crippen LogP contribution in [0.4, 0.5) is 9.18 Å². The molecule has 0 atom stereocenters. The van der Waals surface area contributed by atoms with E-state index in [0.29, 0.717) is 10.7 Å². The lowest BCUT2D eigenvalue weighted by Gasteiger charge is -2.09. The van der Waals surface area contributed by atoms with Crippen molar-refractivity contribution in [3.63, 3.8) is 0 Å². The minimum absolute atomic E-state index is 0.266. The molecule has 2 amide bonds. The summed E-state index contributed by atoms with van der Waals surface area (Å²) in [4.78, 5) is 24.9. The van der Waals surface area contributed by atoms with E-state index in [-0.39, 0.29) is 23.6 Å². The molecule has 2 aromatic rings. The molecule has 0 saturated carbocycles. The van der Waals surface area contributed by atoms with Crippen LogP contribution >= 0.6 is 34.4 Å². The molecule has 0 spiro atoms. The first kappa shape index (κ1) is 17.9. The number of imide groups is 1. The van der Waals surface area contributed by atoms with E-state index < -0.39 is 0 Å². The number of hydrogen-bond acceptors (Lipinski definition) is 4. The number of likely N-dealkylation sites (N-methyl/N-ethyl adjacent to an activating group) is 1. The second-order valence-electron chi connectivity index (χ2n) is 5.35. The van der Waals surface area contributed by atoms with Gasteiger partial charge in [-0.15, -0.1) is 0 Å². The smallest absolute Gasteiger partial charge is 0.293 e. The van der Waals surface area contributed by atoms with Gasteiger partial charge in [0.05, 0.1) is 8.48 Å². The maximum Gasteiger partial charge on any atom is 0.293 e. The largest absolute Gasteiger partial charge is 0.488 e. The van der Waals surface area contributed by atoms with Crippen LogP contribution in [0.1, 0.15) is 11.1 Å². The van der Waals surface area contributed by atoms with E-state index in [1.165, 1.54) is 19.2 Å². The van der Waals surface area contributed by atoms with Crippen LogP contribution in [0, 0.1) is 9.39 Å².